The minimum Gasteiger partial charge on any atom is -0.381 e. The van der Waals surface area contributed by atoms with E-state index in [0.29, 0.717) is 0 Å². The van der Waals surface area contributed by atoms with Crippen molar-refractivity contribution in [3.63, 3.8) is 0 Å². The van der Waals surface area contributed by atoms with E-state index in [1.807, 2.05) is 0 Å². The molecule has 0 aromatic heterocycles. The summed E-state index contributed by atoms with van der Waals surface area (Å²) in [5.41, 5.74) is 0. The first kappa shape index (κ1) is 18.9. The molecule has 3 aliphatic heterocycles. The Hall–Kier alpha value is -0.120. The van der Waals surface area contributed by atoms with E-state index in [9.17, 15) is 0 Å². The van der Waals surface area contributed by atoms with Crippen molar-refractivity contribution in [1.29, 1.82) is 0 Å². The lowest BCUT2D eigenvalue weighted by Crippen LogP contribution is -2.29. The molecule has 3 rings (SSSR count). The van der Waals surface area contributed by atoms with Crippen LogP contribution >= 0.6 is 0 Å². The van der Waals surface area contributed by atoms with E-state index in [1.165, 1.54) is 90.5 Å². The number of likely N-dealkylation sites (tertiary alicyclic amines) is 2. The smallest absolute Gasteiger partial charge is 0.0466 e. The molecule has 0 aromatic carbocycles. The Labute approximate surface area is 133 Å². The number of ether oxygens (including phenoxy) is 1. The van der Waals surface area contributed by atoms with Gasteiger partial charge in [-0.15, -0.1) is 0 Å². The van der Waals surface area contributed by atoms with Crippen molar-refractivity contribution in [1.82, 2.24) is 9.80 Å². The largest absolute Gasteiger partial charge is 0.381 e. The van der Waals surface area contributed by atoms with E-state index in [2.05, 4.69) is 23.8 Å². The first-order valence-electron chi connectivity index (χ1n) is 9.31. The van der Waals surface area contributed by atoms with Gasteiger partial charge in [0, 0.05) is 13.2 Å². The van der Waals surface area contributed by atoms with Crippen LogP contribution in [0, 0.1) is 0 Å². The van der Waals surface area contributed by atoms with Crippen LogP contribution in [0.15, 0.2) is 0 Å². The molecule has 0 atom stereocenters. The van der Waals surface area contributed by atoms with Crippen LogP contribution in [-0.2, 0) is 4.74 Å². The summed E-state index contributed by atoms with van der Waals surface area (Å²) >= 11 is 0. The molecule has 0 bridgehead atoms. The van der Waals surface area contributed by atoms with E-state index in [4.69, 9.17) is 4.74 Å². The van der Waals surface area contributed by atoms with Crippen molar-refractivity contribution in [3.05, 3.63) is 0 Å². The van der Waals surface area contributed by atoms with Gasteiger partial charge in [-0.25, -0.2) is 0 Å². The van der Waals surface area contributed by atoms with Gasteiger partial charge >= 0.3 is 0 Å². The van der Waals surface area contributed by atoms with Crippen molar-refractivity contribution in [2.45, 2.75) is 64.7 Å². The van der Waals surface area contributed by atoms with Crippen LogP contribution in [0.1, 0.15) is 64.7 Å². The van der Waals surface area contributed by atoms with E-state index in [0.717, 1.165) is 13.2 Å². The number of piperidine rings is 2. The topological polar surface area (TPSA) is 15.7 Å². The minimum atomic E-state index is 1.00. The first-order valence-corrected chi connectivity index (χ1v) is 9.31. The molecule has 0 radical (unpaired) electrons. The summed E-state index contributed by atoms with van der Waals surface area (Å²) in [5, 5.41) is 0. The van der Waals surface area contributed by atoms with Crippen LogP contribution in [-0.4, -0.2) is 62.8 Å². The van der Waals surface area contributed by atoms with Gasteiger partial charge in [-0.3, -0.25) is 0 Å². The van der Waals surface area contributed by atoms with Crippen LogP contribution in [0.2, 0.25) is 0 Å². The zero-order valence-corrected chi connectivity index (χ0v) is 14.6. The highest BCUT2D eigenvalue weighted by Gasteiger charge is 2.05. The molecule has 3 saturated heterocycles. The van der Waals surface area contributed by atoms with Crippen LogP contribution in [0.25, 0.3) is 0 Å². The average Bonchev–Trinajstić information content (AvgIpc) is 2.59. The SMILES string of the molecule is C1CCOCC1.CCN1CCCCC1.CN1CCCCC1. The Morgan fingerprint density at radius 1 is 0.667 bits per heavy atom. The third-order valence-electron chi connectivity index (χ3n) is 4.55. The fourth-order valence-electron chi connectivity index (χ4n) is 3.01. The van der Waals surface area contributed by atoms with E-state index in [-0.39, 0.29) is 0 Å². The quantitative estimate of drug-likeness (QED) is 0.732. The summed E-state index contributed by atoms with van der Waals surface area (Å²) in [7, 11) is 2.19. The third kappa shape index (κ3) is 11.1. The molecule has 3 nitrogen and oxygen atoms in total. The maximum Gasteiger partial charge on any atom is 0.0466 e. The summed E-state index contributed by atoms with van der Waals surface area (Å²) in [4.78, 5) is 4.91. The zero-order valence-electron chi connectivity index (χ0n) is 14.6. The van der Waals surface area contributed by atoms with E-state index < -0.39 is 0 Å². The summed E-state index contributed by atoms with van der Waals surface area (Å²) in [5.74, 6) is 0. The average molecular weight is 299 g/mol. The van der Waals surface area contributed by atoms with Crippen LogP contribution in [0.5, 0.6) is 0 Å². The second kappa shape index (κ2) is 13.5. The summed E-state index contributed by atoms with van der Waals surface area (Å²) in [6.45, 7) is 10.8. The molecule has 0 saturated carbocycles. The number of nitrogens with zero attached hydrogens (tertiary/aromatic N) is 2. The standard InChI is InChI=1S/C7H15N.C6H13N.C5H10O/c1-2-8-6-4-3-5-7-8;1-7-5-3-2-4-6-7;1-2-4-6-5-3-1/h2-7H2,1H3;2-6H2,1H3;1-5H2. The normalized spacial score (nSPS) is 24.3. The summed E-state index contributed by atoms with van der Waals surface area (Å²) in [6.07, 6.45) is 12.5. The lowest BCUT2D eigenvalue weighted by atomic mass is 10.1. The van der Waals surface area contributed by atoms with Crippen LogP contribution < -0.4 is 0 Å². The van der Waals surface area contributed by atoms with Gasteiger partial charge in [-0.2, -0.15) is 0 Å². The highest BCUT2D eigenvalue weighted by atomic mass is 16.5. The van der Waals surface area contributed by atoms with Gasteiger partial charge in [0.25, 0.3) is 0 Å². The van der Waals surface area contributed by atoms with Gasteiger partial charge in [0.1, 0.15) is 0 Å². The van der Waals surface area contributed by atoms with Gasteiger partial charge < -0.3 is 14.5 Å². The first-order chi connectivity index (χ1) is 10.3. The fourth-order valence-corrected chi connectivity index (χ4v) is 3.01. The van der Waals surface area contributed by atoms with Crippen molar-refractivity contribution in [2.75, 3.05) is 53.0 Å². The van der Waals surface area contributed by atoms with Gasteiger partial charge in [0.15, 0.2) is 0 Å². The Morgan fingerprint density at radius 3 is 1.38 bits per heavy atom. The maximum atomic E-state index is 5.07. The monoisotopic (exact) mass is 298 g/mol. The summed E-state index contributed by atoms with van der Waals surface area (Å²) < 4.78 is 5.07. The second-order valence-corrected chi connectivity index (χ2v) is 6.53. The van der Waals surface area contributed by atoms with Crippen molar-refractivity contribution in [2.24, 2.45) is 0 Å². The van der Waals surface area contributed by atoms with Gasteiger partial charge in [-0.1, -0.05) is 19.8 Å². The third-order valence-corrected chi connectivity index (χ3v) is 4.55. The lowest BCUT2D eigenvalue weighted by Gasteiger charge is -2.24. The van der Waals surface area contributed by atoms with Crippen molar-refractivity contribution in [3.8, 4) is 0 Å². The second-order valence-electron chi connectivity index (χ2n) is 6.53. The highest BCUT2D eigenvalue weighted by molar-refractivity contribution is 4.61. The minimum absolute atomic E-state index is 1.00. The molecule has 3 fully saturated rings. The molecular weight excluding hydrogens is 260 g/mol. The Balaban J connectivity index is 0.000000159. The summed E-state index contributed by atoms with van der Waals surface area (Å²) in [6, 6.07) is 0. The van der Waals surface area contributed by atoms with Crippen LogP contribution in [0.4, 0.5) is 0 Å². The predicted octanol–water partition coefficient (Wildman–Crippen LogP) is 3.78. The van der Waals surface area contributed by atoms with Crippen molar-refractivity contribution >= 4 is 0 Å². The number of rotatable bonds is 1. The Bertz CT molecular complexity index is 196. The fraction of sp³-hybridized carbons (Fsp3) is 1.00. The highest BCUT2D eigenvalue weighted by Crippen LogP contribution is 2.07. The van der Waals surface area contributed by atoms with Gasteiger partial charge in [-0.05, 0) is 84.7 Å². The van der Waals surface area contributed by atoms with Gasteiger partial charge in [0.05, 0.1) is 0 Å². The molecule has 0 aromatic rings. The molecule has 21 heavy (non-hydrogen) atoms. The van der Waals surface area contributed by atoms with E-state index >= 15 is 0 Å². The molecule has 0 spiro atoms. The molecule has 0 aliphatic carbocycles. The van der Waals surface area contributed by atoms with Crippen LogP contribution in [0.3, 0.4) is 0 Å². The molecule has 126 valence electrons. The number of hydrogen-bond donors (Lipinski definition) is 0. The number of hydrogen-bond acceptors (Lipinski definition) is 3. The Kier molecular flexibility index (Phi) is 12.2. The van der Waals surface area contributed by atoms with Gasteiger partial charge in [0.2, 0.25) is 0 Å². The molecular formula is C18H38N2O. The Morgan fingerprint density at radius 2 is 1.14 bits per heavy atom. The van der Waals surface area contributed by atoms with E-state index in [1.54, 1.807) is 0 Å². The van der Waals surface area contributed by atoms with Crippen molar-refractivity contribution < 1.29 is 4.74 Å². The molecule has 0 unspecified atom stereocenters. The maximum absolute atomic E-state index is 5.07. The molecule has 3 heteroatoms. The lowest BCUT2D eigenvalue weighted by molar-refractivity contribution is 0.0968. The molecule has 0 amide bonds. The zero-order chi connectivity index (χ0) is 15.2. The molecule has 3 heterocycles. The molecule has 3 aliphatic rings. The molecule has 0 N–H and O–H groups in total. The predicted molar refractivity (Wildman–Crippen MR) is 92.0 cm³/mol.